The summed E-state index contributed by atoms with van der Waals surface area (Å²) >= 11 is 0. The molecule has 0 fully saturated rings. The SMILES string of the molecule is CN1C[C@](C)(C#N)c2cc(C(=O)O)ccc21. The molecule has 1 aromatic rings. The van der Waals surface area contributed by atoms with Crippen LogP contribution in [-0.2, 0) is 5.41 Å². The van der Waals surface area contributed by atoms with Crippen LogP contribution >= 0.6 is 0 Å². The zero-order valence-corrected chi connectivity index (χ0v) is 9.19. The van der Waals surface area contributed by atoms with Gasteiger partial charge in [-0.15, -0.1) is 0 Å². The monoisotopic (exact) mass is 216 g/mol. The van der Waals surface area contributed by atoms with Crippen LogP contribution in [0.4, 0.5) is 5.69 Å². The minimum atomic E-state index is -0.961. The topological polar surface area (TPSA) is 64.3 Å². The number of nitriles is 1. The van der Waals surface area contributed by atoms with Crippen molar-refractivity contribution in [3.63, 3.8) is 0 Å². The van der Waals surface area contributed by atoms with E-state index < -0.39 is 11.4 Å². The molecular weight excluding hydrogens is 204 g/mol. The predicted molar refractivity (Wildman–Crippen MR) is 59.6 cm³/mol. The molecule has 82 valence electrons. The third-order valence-electron chi connectivity index (χ3n) is 3.05. The van der Waals surface area contributed by atoms with Crippen LogP contribution in [0, 0.1) is 11.3 Å². The summed E-state index contributed by atoms with van der Waals surface area (Å²) in [5.41, 5.74) is 1.36. The van der Waals surface area contributed by atoms with Gasteiger partial charge in [0, 0.05) is 19.3 Å². The van der Waals surface area contributed by atoms with E-state index in [0.29, 0.717) is 6.54 Å². The van der Waals surface area contributed by atoms with Crippen LogP contribution in [0.25, 0.3) is 0 Å². The standard InChI is InChI=1S/C12H12N2O2/c1-12(6-13)7-14(2)10-4-3-8(11(15)16)5-9(10)12/h3-5H,7H2,1-2H3,(H,15,16)/t12-/m0/s1. The van der Waals surface area contributed by atoms with E-state index in [9.17, 15) is 10.1 Å². The van der Waals surface area contributed by atoms with Gasteiger partial charge in [0.2, 0.25) is 0 Å². The Morgan fingerprint density at radius 1 is 1.62 bits per heavy atom. The fourth-order valence-electron chi connectivity index (χ4n) is 2.18. The van der Waals surface area contributed by atoms with Gasteiger partial charge in [-0.1, -0.05) is 0 Å². The van der Waals surface area contributed by atoms with Crippen molar-refractivity contribution in [1.82, 2.24) is 0 Å². The molecule has 1 aromatic carbocycles. The molecule has 1 aliphatic heterocycles. The number of aromatic carboxylic acids is 1. The lowest BCUT2D eigenvalue weighted by molar-refractivity contribution is 0.0697. The van der Waals surface area contributed by atoms with Crippen LogP contribution in [0.1, 0.15) is 22.8 Å². The molecule has 1 aliphatic rings. The number of hydrogen-bond donors (Lipinski definition) is 1. The number of carboxylic acids is 1. The van der Waals surface area contributed by atoms with Crippen LogP contribution in [0.15, 0.2) is 18.2 Å². The summed E-state index contributed by atoms with van der Waals surface area (Å²) in [5.74, 6) is -0.961. The molecule has 0 bridgehead atoms. The fourth-order valence-corrected chi connectivity index (χ4v) is 2.18. The fraction of sp³-hybridized carbons (Fsp3) is 0.333. The van der Waals surface area contributed by atoms with E-state index >= 15 is 0 Å². The van der Waals surface area contributed by atoms with Gasteiger partial charge in [-0.3, -0.25) is 0 Å². The van der Waals surface area contributed by atoms with Gasteiger partial charge < -0.3 is 10.0 Å². The van der Waals surface area contributed by atoms with Gasteiger partial charge in [0.1, 0.15) is 0 Å². The van der Waals surface area contributed by atoms with E-state index in [1.807, 2.05) is 18.9 Å². The molecule has 0 spiro atoms. The molecule has 0 saturated carbocycles. The first-order valence-electron chi connectivity index (χ1n) is 4.98. The van der Waals surface area contributed by atoms with E-state index in [-0.39, 0.29) is 5.56 Å². The normalized spacial score (nSPS) is 22.7. The zero-order chi connectivity index (χ0) is 11.9. The van der Waals surface area contributed by atoms with Crippen molar-refractivity contribution in [2.24, 2.45) is 0 Å². The van der Waals surface area contributed by atoms with E-state index in [0.717, 1.165) is 11.3 Å². The summed E-state index contributed by atoms with van der Waals surface area (Å²) in [5, 5.41) is 18.1. The summed E-state index contributed by atoms with van der Waals surface area (Å²) in [6, 6.07) is 7.20. The third-order valence-corrected chi connectivity index (χ3v) is 3.05. The van der Waals surface area contributed by atoms with Crippen LogP contribution in [0.5, 0.6) is 0 Å². The Kier molecular flexibility index (Phi) is 2.13. The molecule has 4 nitrogen and oxygen atoms in total. The van der Waals surface area contributed by atoms with Crippen molar-refractivity contribution in [2.75, 3.05) is 18.5 Å². The van der Waals surface area contributed by atoms with E-state index in [4.69, 9.17) is 5.11 Å². The Morgan fingerprint density at radius 3 is 2.88 bits per heavy atom. The average molecular weight is 216 g/mol. The second kappa shape index (κ2) is 3.24. The van der Waals surface area contributed by atoms with Crippen molar-refractivity contribution in [3.05, 3.63) is 29.3 Å². The number of anilines is 1. The summed E-state index contributed by atoms with van der Waals surface area (Å²) in [6.45, 7) is 2.43. The maximum Gasteiger partial charge on any atom is 0.335 e. The van der Waals surface area contributed by atoms with Crippen LogP contribution in [0.2, 0.25) is 0 Å². The highest BCUT2D eigenvalue weighted by atomic mass is 16.4. The Bertz CT molecular complexity index is 504. The predicted octanol–water partition coefficient (Wildman–Crippen LogP) is 1.62. The first-order valence-corrected chi connectivity index (χ1v) is 4.98. The van der Waals surface area contributed by atoms with E-state index in [1.54, 1.807) is 18.2 Å². The van der Waals surface area contributed by atoms with Crippen molar-refractivity contribution in [1.29, 1.82) is 5.26 Å². The quantitative estimate of drug-likeness (QED) is 0.774. The molecule has 1 atom stereocenters. The molecule has 0 aromatic heterocycles. The largest absolute Gasteiger partial charge is 0.478 e. The molecule has 0 amide bonds. The number of nitrogens with zero attached hydrogens (tertiary/aromatic N) is 2. The van der Waals surface area contributed by atoms with Gasteiger partial charge in [0.05, 0.1) is 17.0 Å². The molecule has 0 unspecified atom stereocenters. The maximum atomic E-state index is 10.9. The van der Waals surface area contributed by atoms with Crippen molar-refractivity contribution in [2.45, 2.75) is 12.3 Å². The Hall–Kier alpha value is -2.02. The first kappa shape index (κ1) is 10.5. The minimum Gasteiger partial charge on any atom is -0.478 e. The van der Waals surface area contributed by atoms with Crippen LogP contribution < -0.4 is 4.90 Å². The van der Waals surface area contributed by atoms with Crippen molar-refractivity contribution < 1.29 is 9.90 Å². The molecule has 4 heteroatoms. The molecule has 0 aliphatic carbocycles. The number of likely N-dealkylation sites (N-methyl/N-ethyl adjacent to an activating group) is 1. The lowest BCUT2D eigenvalue weighted by Crippen LogP contribution is -2.26. The highest BCUT2D eigenvalue weighted by molar-refractivity contribution is 5.89. The molecule has 0 radical (unpaired) electrons. The lowest BCUT2D eigenvalue weighted by Gasteiger charge is -2.15. The van der Waals surface area contributed by atoms with E-state index in [1.165, 1.54) is 0 Å². The molecular formula is C12H12N2O2. The smallest absolute Gasteiger partial charge is 0.335 e. The average Bonchev–Trinajstić information content (AvgIpc) is 2.52. The number of benzene rings is 1. The van der Waals surface area contributed by atoms with E-state index in [2.05, 4.69) is 6.07 Å². The van der Waals surface area contributed by atoms with Crippen LogP contribution in [0.3, 0.4) is 0 Å². The Balaban J connectivity index is 2.62. The second-order valence-corrected chi connectivity index (χ2v) is 4.34. The van der Waals surface area contributed by atoms with Crippen molar-refractivity contribution in [3.8, 4) is 6.07 Å². The molecule has 2 rings (SSSR count). The highest BCUT2D eigenvalue weighted by Crippen LogP contribution is 2.39. The van der Waals surface area contributed by atoms with Gasteiger partial charge in [0.15, 0.2) is 0 Å². The van der Waals surface area contributed by atoms with Gasteiger partial charge in [-0.05, 0) is 30.7 Å². The van der Waals surface area contributed by atoms with Gasteiger partial charge in [0.25, 0.3) is 0 Å². The van der Waals surface area contributed by atoms with Gasteiger partial charge in [-0.25, -0.2) is 4.79 Å². The summed E-state index contributed by atoms with van der Waals surface area (Å²) in [6.07, 6.45) is 0. The zero-order valence-electron chi connectivity index (χ0n) is 9.19. The summed E-state index contributed by atoms with van der Waals surface area (Å²) in [4.78, 5) is 12.9. The Labute approximate surface area is 93.7 Å². The van der Waals surface area contributed by atoms with Crippen molar-refractivity contribution >= 4 is 11.7 Å². The first-order chi connectivity index (χ1) is 7.48. The van der Waals surface area contributed by atoms with Gasteiger partial charge in [-0.2, -0.15) is 5.26 Å². The maximum absolute atomic E-state index is 10.9. The molecule has 0 saturated heterocycles. The van der Waals surface area contributed by atoms with Gasteiger partial charge >= 0.3 is 5.97 Å². The highest BCUT2D eigenvalue weighted by Gasteiger charge is 2.38. The lowest BCUT2D eigenvalue weighted by atomic mass is 9.85. The number of carbonyl (C=O) groups is 1. The van der Waals surface area contributed by atoms with Crippen LogP contribution in [-0.4, -0.2) is 24.7 Å². The molecule has 1 N–H and O–H groups in total. The Morgan fingerprint density at radius 2 is 2.31 bits per heavy atom. The molecule has 1 heterocycles. The number of rotatable bonds is 1. The third kappa shape index (κ3) is 1.33. The molecule has 16 heavy (non-hydrogen) atoms. The number of fused-ring (bicyclic) bond motifs is 1. The second-order valence-electron chi connectivity index (χ2n) is 4.34. The summed E-state index contributed by atoms with van der Waals surface area (Å²) in [7, 11) is 1.90. The minimum absolute atomic E-state index is 0.232. The number of hydrogen-bond acceptors (Lipinski definition) is 3. The summed E-state index contributed by atoms with van der Waals surface area (Å²) < 4.78 is 0. The number of carboxylic acid groups (broad SMARTS) is 1.